The van der Waals surface area contributed by atoms with E-state index >= 15 is 0 Å². The van der Waals surface area contributed by atoms with Crippen LogP contribution in [0.2, 0.25) is 0 Å². The van der Waals surface area contributed by atoms with E-state index in [1.54, 1.807) is 6.92 Å². The number of carbonyl (C=O) groups excluding carboxylic acids is 1. The van der Waals surface area contributed by atoms with E-state index in [4.69, 9.17) is 9.47 Å². The minimum atomic E-state index is -0.413. The lowest BCUT2D eigenvalue weighted by Crippen LogP contribution is -2.14. The normalized spacial score (nSPS) is 15.2. The van der Waals surface area contributed by atoms with Gasteiger partial charge in [-0.25, -0.2) is 4.79 Å². The summed E-state index contributed by atoms with van der Waals surface area (Å²) in [6, 6.07) is 5.79. The summed E-state index contributed by atoms with van der Waals surface area (Å²) in [7, 11) is 0. The quantitative estimate of drug-likeness (QED) is 0.451. The highest BCUT2D eigenvalue weighted by Gasteiger charge is 2.20. The molecule has 0 amide bonds. The van der Waals surface area contributed by atoms with Gasteiger partial charge in [0, 0.05) is 5.57 Å². The van der Waals surface area contributed by atoms with E-state index in [0.717, 1.165) is 12.8 Å². The summed E-state index contributed by atoms with van der Waals surface area (Å²) in [5, 5.41) is 0. The van der Waals surface area contributed by atoms with Crippen LogP contribution < -0.4 is 9.47 Å². The van der Waals surface area contributed by atoms with Gasteiger partial charge in [0.05, 0.1) is 6.10 Å². The van der Waals surface area contributed by atoms with Crippen LogP contribution >= 0.6 is 0 Å². The minimum absolute atomic E-state index is 0.231. The maximum absolute atomic E-state index is 11.7. The third-order valence-corrected chi connectivity index (χ3v) is 3.78. The first-order valence-electron chi connectivity index (χ1n) is 7.65. The van der Waals surface area contributed by atoms with Gasteiger partial charge in [0.1, 0.15) is 0 Å². The van der Waals surface area contributed by atoms with Gasteiger partial charge in [-0.15, -0.1) is 0 Å². The molecule has 3 heteroatoms. The molecule has 1 saturated carbocycles. The molecule has 114 valence electrons. The molecule has 0 N–H and O–H groups in total. The van der Waals surface area contributed by atoms with E-state index < -0.39 is 5.97 Å². The Hall–Kier alpha value is -1.77. The Labute approximate surface area is 127 Å². The highest BCUT2D eigenvalue weighted by atomic mass is 16.6. The van der Waals surface area contributed by atoms with Crippen molar-refractivity contribution in [2.75, 3.05) is 0 Å². The summed E-state index contributed by atoms with van der Waals surface area (Å²) >= 11 is 0. The van der Waals surface area contributed by atoms with Crippen LogP contribution in [-0.4, -0.2) is 12.1 Å². The Balaban J connectivity index is 2.24. The number of carbonyl (C=O) groups is 1. The zero-order chi connectivity index (χ0) is 15.4. The predicted molar refractivity (Wildman–Crippen MR) is 83.9 cm³/mol. The topological polar surface area (TPSA) is 35.5 Å². The van der Waals surface area contributed by atoms with Gasteiger partial charge in [-0.1, -0.05) is 26.5 Å². The van der Waals surface area contributed by atoms with E-state index in [1.165, 1.54) is 18.4 Å². The lowest BCUT2D eigenvalue weighted by atomic mass is 10.0. The molecule has 1 aliphatic carbocycles. The molecule has 0 saturated heterocycles. The molecular weight excluding hydrogens is 264 g/mol. The molecule has 0 radical (unpaired) electrons. The molecule has 0 aliphatic heterocycles. The SMILES string of the molecule is C=C(C)C(=O)Oc1ccc(C(C)C)cc1OC1CCCC1. The van der Waals surface area contributed by atoms with Crippen LogP contribution in [0.5, 0.6) is 11.5 Å². The van der Waals surface area contributed by atoms with Crippen molar-refractivity contribution in [1.82, 2.24) is 0 Å². The first-order valence-corrected chi connectivity index (χ1v) is 7.65. The van der Waals surface area contributed by atoms with Crippen LogP contribution in [0, 0.1) is 0 Å². The Morgan fingerprint density at radius 2 is 1.90 bits per heavy atom. The van der Waals surface area contributed by atoms with E-state index in [0.29, 0.717) is 23.0 Å². The summed E-state index contributed by atoms with van der Waals surface area (Å²) in [5.74, 6) is 1.15. The first kappa shape index (κ1) is 15.6. The van der Waals surface area contributed by atoms with Crippen molar-refractivity contribution in [3.8, 4) is 11.5 Å². The molecule has 21 heavy (non-hydrogen) atoms. The molecule has 1 aromatic carbocycles. The largest absolute Gasteiger partial charge is 0.487 e. The van der Waals surface area contributed by atoms with Crippen molar-refractivity contribution < 1.29 is 14.3 Å². The highest BCUT2D eigenvalue weighted by Crippen LogP contribution is 2.34. The Morgan fingerprint density at radius 3 is 2.48 bits per heavy atom. The van der Waals surface area contributed by atoms with Gasteiger partial charge in [0.25, 0.3) is 0 Å². The Kier molecular flexibility index (Phi) is 5.05. The van der Waals surface area contributed by atoms with Gasteiger partial charge in [0.2, 0.25) is 0 Å². The van der Waals surface area contributed by atoms with Crippen LogP contribution in [0.4, 0.5) is 0 Å². The fourth-order valence-electron chi connectivity index (χ4n) is 2.43. The van der Waals surface area contributed by atoms with Crippen LogP contribution in [-0.2, 0) is 4.79 Å². The van der Waals surface area contributed by atoms with E-state index in [2.05, 4.69) is 20.4 Å². The van der Waals surface area contributed by atoms with Crippen LogP contribution in [0.1, 0.15) is 57.9 Å². The van der Waals surface area contributed by atoms with Crippen LogP contribution in [0.3, 0.4) is 0 Å². The van der Waals surface area contributed by atoms with Crippen LogP contribution in [0.25, 0.3) is 0 Å². The zero-order valence-electron chi connectivity index (χ0n) is 13.1. The average molecular weight is 288 g/mol. The summed E-state index contributed by atoms with van der Waals surface area (Å²) in [5.41, 5.74) is 1.56. The lowest BCUT2D eigenvalue weighted by molar-refractivity contribution is -0.130. The monoisotopic (exact) mass is 288 g/mol. The fourth-order valence-corrected chi connectivity index (χ4v) is 2.43. The lowest BCUT2D eigenvalue weighted by Gasteiger charge is -2.18. The number of ether oxygens (including phenoxy) is 2. The Morgan fingerprint density at radius 1 is 1.24 bits per heavy atom. The van der Waals surface area contributed by atoms with Crippen LogP contribution in [0.15, 0.2) is 30.4 Å². The number of esters is 1. The summed E-state index contributed by atoms with van der Waals surface area (Å²) in [6.45, 7) is 9.52. The number of hydrogen-bond donors (Lipinski definition) is 0. The smallest absolute Gasteiger partial charge is 0.338 e. The molecule has 2 rings (SSSR count). The van der Waals surface area contributed by atoms with Crippen molar-refractivity contribution in [3.05, 3.63) is 35.9 Å². The minimum Gasteiger partial charge on any atom is -0.487 e. The highest BCUT2D eigenvalue weighted by molar-refractivity contribution is 5.89. The third-order valence-electron chi connectivity index (χ3n) is 3.78. The van der Waals surface area contributed by atoms with Gasteiger partial charge < -0.3 is 9.47 Å². The number of benzene rings is 1. The Bertz CT molecular complexity index is 525. The summed E-state index contributed by atoms with van der Waals surface area (Å²) in [6.07, 6.45) is 4.78. The molecule has 3 nitrogen and oxygen atoms in total. The zero-order valence-corrected chi connectivity index (χ0v) is 13.1. The molecule has 0 spiro atoms. The maximum atomic E-state index is 11.7. The molecule has 1 aromatic rings. The standard InChI is InChI=1S/C18H24O3/c1-12(2)14-9-10-16(21-18(19)13(3)4)17(11-14)20-15-7-5-6-8-15/h9-12,15H,3,5-8H2,1-2,4H3. The van der Waals surface area contributed by atoms with E-state index in [9.17, 15) is 4.79 Å². The number of hydrogen-bond acceptors (Lipinski definition) is 3. The van der Waals surface area contributed by atoms with Crippen molar-refractivity contribution in [3.63, 3.8) is 0 Å². The molecule has 1 aliphatic rings. The van der Waals surface area contributed by atoms with Gasteiger partial charge in [-0.05, 0) is 56.2 Å². The molecule has 0 bridgehead atoms. The van der Waals surface area contributed by atoms with Crippen molar-refractivity contribution in [1.29, 1.82) is 0 Å². The van der Waals surface area contributed by atoms with Gasteiger partial charge in [0.15, 0.2) is 11.5 Å². The van der Waals surface area contributed by atoms with Crippen molar-refractivity contribution >= 4 is 5.97 Å². The second-order valence-corrected chi connectivity index (χ2v) is 6.06. The third kappa shape index (κ3) is 4.10. The molecule has 0 atom stereocenters. The van der Waals surface area contributed by atoms with E-state index in [-0.39, 0.29) is 6.10 Å². The molecule has 0 heterocycles. The van der Waals surface area contributed by atoms with Crippen molar-refractivity contribution in [2.45, 2.75) is 58.5 Å². The first-order chi connectivity index (χ1) is 9.97. The summed E-state index contributed by atoms with van der Waals surface area (Å²) in [4.78, 5) is 11.7. The second kappa shape index (κ2) is 6.79. The molecule has 0 aromatic heterocycles. The maximum Gasteiger partial charge on any atom is 0.338 e. The van der Waals surface area contributed by atoms with Gasteiger partial charge in [-0.3, -0.25) is 0 Å². The molecule has 1 fully saturated rings. The second-order valence-electron chi connectivity index (χ2n) is 6.06. The average Bonchev–Trinajstić information content (AvgIpc) is 2.93. The molecule has 0 unspecified atom stereocenters. The van der Waals surface area contributed by atoms with Gasteiger partial charge in [-0.2, -0.15) is 0 Å². The predicted octanol–water partition coefficient (Wildman–Crippen LogP) is 4.61. The number of rotatable bonds is 5. The fraction of sp³-hybridized carbons (Fsp3) is 0.500. The molecular formula is C18H24O3. The summed E-state index contributed by atoms with van der Waals surface area (Å²) < 4.78 is 11.5. The van der Waals surface area contributed by atoms with E-state index in [1.807, 2.05) is 18.2 Å². The van der Waals surface area contributed by atoms with Crippen molar-refractivity contribution in [2.24, 2.45) is 0 Å². The van der Waals surface area contributed by atoms with Gasteiger partial charge >= 0.3 is 5.97 Å².